The number of carbonyl (C=O) groups excluding carboxylic acids is 1. The number of hydrogen-bond donors (Lipinski definition) is 1. The molecule has 0 aliphatic heterocycles. The van der Waals surface area contributed by atoms with Crippen LogP contribution in [0.5, 0.6) is 0 Å². The summed E-state index contributed by atoms with van der Waals surface area (Å²) in [5, 5.41) is 8.23. The van der Waals surface area contributed by atoms with Crippen molar-refractivity contribution in [2.45, 2.75) is 13.1 Å². The Balaban J connectivity index is 0. The molecule has 0 aromatic carbocycles. The standard InChI is InChI=1S/C5H5F3O2.Co/c1-3(9)2-4(10)5(6,7)8;/h2,9H,1H3;/b3-2-;. The largest absolute Gasteiger partial charge is 0.512 e. The first-order chi connectivity index (χ1) is 4.34. The minimum absolute atomic E-state index is 0. The van der Waals surface area contributed by atoms with E-state index in [1.165, 1.54) is 0 Å². The van der Waals surface area contributed by atoms with Crippen molar-refractivity contribution in [1.29, 1.82) is 0 Å². The predicted molar refractivity (Wildman–Crippen MR) is 27.4 cm³/mol. The van der Waals surface area contributed by atoms with E-state index in [1.807, 2.05) is 0 Å². The fourth-order valence-electron chi connectivity index (χ4n) is 0.272. The zero-order chi connectivity index (χ0) is 8.36. The molecule has 0 bridgehead atoms. The van der Waals surface area contributed by atoms with Crippen molar-refractivity contribution in [2.24, 2.45) is 0 Å². The molecule has 0 amide bonds. The van der Waals surface area contributed by atoms with E-state index in [0.29, 0.717) is 0 Å². The number of hydrogen-bond acceptors (Lipinski definition) is 2. The Morgan fingerprint density at radius 2 is 1.82 bits per heavy atom. The van der Waals surface area contributed by atoms with Gasteiger partial charge < -0.3 is 5.11 Å². The third-order valence-corrected chi connectivity index (χ3v) is 0.619. The van der Waals surface area contributed by atoms with Gasteiger partial charge in [0.1, 0.15) is 0 Å². The van der Waals surface area contributed by atoms with Crippen LogP contribution in [-0.2, 0) is 21.6 Å². The van der Waals surface area contributed by atoms with Crippen LogP contribution in [0, 0.1) is 0 Å². The molecule has 0 aromatic heterocycles. The Hall–Kier alpha value is -0.494. The molecule has 0 fully saturated rings. The van der Waals surface area contributed by atoms with Gasteiger partial charge in [0.05, 0.1) is 5.76 Å². The Morgan fingerprint density at radius 1 is 1.45 bits per heavy atom. The fourth-order valence-corrected chi connectivity index (χ4v) is 0.272. The maximum Gasteiger partial charge on any atom is 0.454 e. The Kier molecular flexibility index (Phi) is 5.25. The number of rotatable bonds is 1. The third-order valence-electron chi connectivity index (χ3n) is 0.619. The fraction of sp³-hybridized carbons (Fsp3) is 0.400. The normalized spacial score (nSPS) is 12.2. The first-order valence-electron chi connectivity index (χ1n) is 2.32. The van der Waals surface area contributed by atoms with Crippen LogP contribution in [0.15, 0.2) is 11.8 Å². The molecule has 0 aromatic rings. The molecule has 0 heterocycles. The summed E-state index contributed by atoms with van der Waals surface area (Å²) in [6.45, 7) is 0.990. The summed E-state index contributed by atoms with van der Waals surface area (Å²) in [5.74, 6) is -2.70. The van der Waals surface area contributed by atoms with Gasteiger partial charge in [-0.25, -0.2) is 0 Å². The van der Waals surface area contributed by atoms with Crippen LogP contribution in [0.4, 0.5) is 13.2 Å². The van der Waals surface area contributed by atoms with E-state index in [-0.39, 0.29) is 22.9 Å². The van der Waals surface area contributed by atoms with E-state index < -0.39 is 17.7 Å². The van der Waals surface area contributed by atoms with Crippen molar-refractivity contribution in [3.8, 4) is 0 Å². The summed E-state index contributed by atoms with van der Waals surface area (Å²) in [6, 6.07) is 0. The number of aliphatic hydroxyl groups is 1. The molecular formula is C5H5CoF3O2. The monoisotopic (exact) mass is 213 g/mol. The van der Waals surface area contributed by atoms with Gasteiger partial charge in [-0.3, -0.25) is 4.79 Å². The van der Waals surface area contributed by atoms with Crippen LogP contribution in [0.2, 0.25) is 0 Å². The van der Waals surface area contributed by atoms with Gasteiger partial charge in [0.2, 0.25) is 0 Å². The Bertz CT molecular complexity index is 169. The van der Waals surface area contributed by atoms with E-state index in [1.54, 1.807) is 0 Å². The molecule has 1 N–H and O–H groups in total. The van der Waals surface area contributed by atoms with Crippen molar-refractivity contribution in [3.63, 3.8) is 0 Å². The summed E-state index contributed by atoms with van der Waals surface area (Å²) in [4.78, 5) is 9.91. The molecule has 6 heteroatoms. The second-order valence-corrected chi connectivity index (χ2v) is 1.65. The molecule has 0 spiro atoms. The van der Waals surface area contributed by atoms with Crippen LogP contribution in [0.25, 0.3) is 0 Å². The molecule has 2 nitrogen and oxygen atoms in total. The van der Waals surface area contributed by atoms with E-state index in [4.69, 9.17) is 5.11 Å². The molecule has 0 saturated heterocycles. The van der Waals surface area contributed by atoms with Crippen LogP contribution in [-0.4, -0.2) is 17.1 Å². The molecular weight excluding hydrogens is 208 g/mol. The van der Waals surface area contributed by atoms with Crippen molar-refractivity contribution in [1.82, 2.24) is 0 Å². The van der Waals surface area contributed by atoms with Gasteiger partial charge in [-0.05, 0) is 6.92 Å². The molecule has 0 aliphatic rings. The van der Waals surface area contributed by atoms with Crippen molar-refractivity contribution >= 4 is 5.78 Å². The van der Waals surface area contributed by atoms with Crippen LogP contribution >= 0.6 is 0 Å². The van der Waals surface area contributed by atoms with Gasteiger partial charge in [0, 0.05) is 22.9 Å². The number of halogens is 3. The molecule has 0 aliphatic carbocycles. The molecule has 0 unspecified atom stereocenters. The molecule has 67 valence electrons. The zero-order valence-corrected chi connectivity index (χ0v) is 6.44. The van der Waals surface area contributed by atoms with E-state index in [0.717, 1.165) is 6.92 Å². The number of carbonyl (C=O) groups is 1. The predicted octanol–water partition coefficient (Wildman–Crippen LogP) is 1.58. The SMILES string of the molecule is C/C(O)=C/C(=O)C(F)(F)F.[Co]. The maximum atomic E-state index is 11.3. The second kappa shape index (κ2) is 4.40. The maximum absolute atomic E-state index is 11.3. The smallest absolute Gasteiger partial charge is 0.454 e. The molecule has 0 saturated carbocycles. The van der Waals surface area contributed by atoms with Crippen LogP contribution in [0.1, 0.15) is 6.92 Å². The molecule has 1 radical (unpaired) electrons. The van der Waals surface area contributed by atoms with Crippen molar-refractivity contribution in [3.05, 3.63) is 11.8 Å². The number of alkyl halides is 3. The van der Waals surface area contributed by atoms with Crippen molar-refractivity contribution < 1.29 is 39.9 Å². The van der Waals surface area contributed by atoms with Gasteiger partial charge in [-0.15, -0.1) is 0 Å². The number of aliphatic hydroxyl groups excluding tert-OH is 1. The summed E-state index contributed by atoms with van der Waals surface area (Å²) < 4.78 is 33.9. The molecule has 0 rings (SSSR count). The summed E-state index contributed by atoms with van der Waals surface area (Å²) in [5.41, 5.74) is 0. The average molecular weight is 213 g/mol. The van der Waals surface area contributed by atoms with E-state index in [2.05, 4.69) is 0 Å². The number of allylic oxidation sites excluding steroid dienone is 2. The summed E-state index contributed by atoms with van der Waals surface area (Å²) in [6.07, 6.45) is -4.76. The minimum Gasteiger partial charge on any atom is -0.512 e. The summed E-state index contributed by atoms with van der Waals surface area (Å²) >= 11 is 0. The zero-order valence-electron chi connectivity index (χ0n) is 5.40. The van der Waals surface area contributed by atoms with Gasteiger partial charge >= 0.3 is 6.18 Å². The topological polar surface area (TPSA) is 37.3 Å². The van der Waals surface area contributed by atoms with Gasteiger partial charge in [-0.2, -0.15) is 13.2 Å². The Morgan fingerprint density at radius 3 is 1.91 bits per heavy atom. The second-order valence-electron chi connectivity index (χ2n) is 1.65. The van der Waals surface area contributed by atoms with Gasteiger partial charge in [-0.1, -0.05) is 0 Å². The quantitative estimate of drug-likeness (QED) is 0.530. The summed E-state index contributed by atoms with van der Waals surface area (Å²) in [7, 11) is 0. The average Bonchev–Trinajstić information content (AvgIpc) is 1.60. The molecule has 0 atom stereocenters. The Labute approximate surface area is 71.3 Å². The van der Waals surface area contributed by atoms with E-state index in [9.17, 15) is 18.0 Å². The first kappa shape index (κ1) is 13.1. The van der Waals surface area contributed by atoms with Crippen LogP contribution in [0.3, 0.4) is 0 Å². The van der Waals surface area contributed by atoms with Gasteiger partial charge in [0.15, 0.2) is 0 Å². The van der Waals surface area contributed by atoms with Crippen LogP contribution < -0.4 is 0 Å². The van der Waals surface area contributed by atoms with Crippen molar-refractivity contribution in [2.75, 3.05) is 0 Å². The molecule has 11 heavy (non-hydrogen) atoms. The number of ketones is 1. The van der Waals surface area contributed by atoms with Gasteiger partial charge in [0.25, 0.3) is 5.78 Å². The first-order valence-corrected chi connectivity index (χ1v) is 2.32. The third kappa shape index (κ3) is 5.93. The minimum atomic E-state index is -4.88. The van der Waals surface area contributed by atoms with E-state index >= 15 is 0 Å².